The van der Waals surface area contributed by atoms with Crippen LogP contribution < -0.4 is 5.32 Å². The lowest BCUT2D eigenvalue weighted by molar-refractivity contribution is -0.115. The van der Waals surface area contributed by atoms with Gasteiger partial charge in [0, 0.05) is 46.1 Å². The number of amides is 1. The Hall–Kier alpha value is -2.38. The molecule has 3 aromatic rings. The summed E-state index contributed by atoms with van der Waals surface area (Å²) in [5.41, 5.74) is 3.75. The number of anilines is 1. The Balaban J connectivity index is 1.43. The summed E-state index contributed by atoms with van der Waals surface area (Å²) in [7, 11) is 0. The number of hydrogen-bond acceptors (Lipinski definition) is 6. The molecule has 2 heterocycles. The molecule has 5 nitrogen and oxygen atoms in total. The van der Waals surface area contributed by atoms with Crippen LogP contribution in [0.25, 0.3) is 0 Å². The number of pyridine rings is 1. The molecule has 3 rings (SSSR count). The number of nitrogens with zero attached hydrogens (tertiary/aromatic N) is 3. The summed E-state index contributed by atoms with van der Waals surface area (Å²) in [6.45, 7) is 3.93. The highest BCUT2D eigenvalue weighted by Gasteiger charge is 2.05. The molecule has 0 aliphatic heterocycles. The monoisotopic (exact) mass is 410 g/mol. The summed E-state index contributed by atoms with van der Waals surface area (Å²) in [6.07, 6.45) is 2.27. The number of aromatic nitrogens is 3. The van der Waals surface area contributed by atoms with Crippen molar-refractivity contribution in [2.75, 3.05) is 11.1 Å². The lowest BCUT2D eigenvalue weighted by Gasteiger charge is -2.07. The second-order valence-electron chi connectivity index (χ2n) is 6.23. The zero-order chi connectivity index (χ0) is 19.8. The molecule has 1 amide bonds. The molecule has 0 saturated carbocycles. The number of thioether (sulfide) groups is 1. The van der Waals surface area contributed by atoms with Gasteiger partial charge in [-0.2, -0.15) is 11.8 Å². The Labute approximate surface area is 173 Å². The molecular formula is C21H22N4OS2. The number of benzene rings is 1. The molecular weight excluding hydrogens is 388 g/mol. The molecule has 0 radical (unpaired) electrons. The van der Waals surface area contributed by atoms with Gasteiger partial charge >= 0.3 is 0 Å². The van der Waals surface area contributed by atoms with Crippen LogP contribution >= 0.6 is 23.5 Å². The number of nitrogens with one attached hydrogen (secondary N) is 1. The van der Waals surface area contributed by atoms with E-state index in [9.17, 15) is 4.79 Å². The zero-order valence-corrected chi connectivity index (χ0v) is 17.5. The minimum atomic E-state index is 0.0200. The second kappa shape index (κ2) is 10.2. The minimum absolute atomic E-state index is 0.0200. The van der Waals surface area contributed by atoms with E-state index in [0.29, 0.717) is 6.42 Å². The van der Waals surface area contributed by atoms with Gasteiger partial charge < -0.3 is 5.32 Å². The SMILES string of the molecule is Cc1cc(C)nc(Sc2ccc(NC(=O)CCSCc3ccccn3)cc2)n1. The first-order valence-corrected chi connectivity index (χ1v) is 10.9. The van der Waals surface area contributed by atoms with Crippen LogP contribution in [0, 0.1) is 13.8 Å². The average Bonchev–Trinajstić information content (AvgIpc) is 2.67. The van der Waals surface area contributed by atoms with Crippen molar-refractivity contribution in [3.63, 3.8) is 0 Å². The molecule has 0 atom stereocenters. The molecule has 144 valence electrons. The largest absolute Gasteiger partial charge is 0.326 e. The van der Waals surface area contributed by atoms with Crippen LogP contribution in [-0.4, -0.2) is 26.6 Å². The Morgan fingerprint density at radius 3 is 2.46 bits per heavy atom. The molecule has 1 aromatic carbocycles. The van der Waals surface area contributed by atoms with Crippen LogP contribution in [0.15, 0.2) is 64.8 Å². The van der Waals surface area contributed by atoms with E-state index < -0.39 is 0 Å². The first kappa shape index (κ1) is 20.4. The van der Waals surface area contributed by atoms with Gasteiger partial charge in [0.25, 0.3) is 0 Å². The van der Waals surface area contributed by atoms with Crippen LogP contribution in [0.5, 0.6) is 0 Å². The summed E-state index contributed by atoms with van der Waals surface area (Å²) in [4.78, 5) is 26.3. The third kappa shape index (κ3) is 6.65. The van der Waals surface area contributed by atoms with Crippen molar-refractivity contribution in [3.8, 4) is 0 Å². The van der Waals surface area contributed by atoms with E-state index in [0.717, 1.165) is 44.3 Å². The van der Waals surface area contributed by atoms with Crippen molar-refractivity contribution in [1.82, 2.24) is 15.0 Å². The zero-order valence-electron chi connectivity index (χ0n) is 15.9. The van der Waals surface area contributed by atoms with Crippen LogP contribution in [-0.2, 0) is 10.5 Å². The van der Waals surface area contributed by atoms with Crippen LogP contribution in [0.3, 0.4) is 0 Å². The van der Waals surface area contributed by atoms with Crippen LogP contribution in [0.4, 0.5) is 5.69 Å². The maximum absolute atomic E-state index is 12.1. The second-order valence-corrected chi connectivity index (χ2v) is 8.38. The molecule has 0 unspecified atom stereocenters. The smallest absolute Gasteiger partial charge is 0.225 e. The van der Waals surface area contributed by atoms with Gasteiger partial charge in [0.05, 0.1) is 5.69 Å². The molecule has 0 saturated heterocycles. The van der Waals surface area contributed by atoms with Crippen molar-refractivity contribution in [1.29, 1.82) is 0 Å². The van der Waals surface area contributed by atoms with E-state index in [1.54, 1.807) is 18.0 Å². The number of carbonyl (C=O) groups excluding carboxylic acids is 1. The van der Waals surface area contributed by atoms with Gasteiger partial charge in [0.15, 0.2) is 5.16 Å². The Kier molecular flexibility index (Phi) is 7.45. The highest BCUT2D eigenvalue weighted by atomic mass is 32.2. The third-order valence-electron chi connectivity index (χ3n) is 3.76. The van der Waals surface area contributed by atoms with E-state index in [1.165, 1.54) is 11.8 Å². The Bertz CT molecular complexity index is 897. The van der Waals surface area contributed by atoms with E-state index in [4.69, 9.17) is 0 Å². The molecule has 0 spiro atoms. The minimum Gasteiger partial charge on any atom is -0.326 e. The van der Waals surface area contributed by atoms with Crippen molar-refractivity contribution >= 4 is 35.1 Å². The quantitative estimate of drug-likeness (QED) is 0.421. The van der Waals surface area contributed by atoms with E-state index >= 15 is 0 Å². The summed E-state index contributed by atoms with van der Waals surface area (Å²) < 4.78 is 0. The van der Waals surface area contributed by atoms with Crippen molar-refractivity contribution in [2.24, 2.45) is 0 Å². The fraction of sp³-hybridized carbons (Fsp3) is 0.238. The Morgan fingerprint density at radius 1 is 1.04 bits per heavy atom. The average molecular weight is 411 g/mol. The van der Waals surface area contributed by atoms with Crippen molar-refractivity contribution < 1.29 is 4.79 Å². The Morgan fingerprint density at radius 2 is 1.79 bits per heavy atom. The summed E-state index contributed by atoms with van der Waals surface area (Å²) in [5.74, 6) is 1.60. The first-order chi connectivity index (χ1) is 13.6. The first-order valence-electron chi connectivity index (χ1n) is 8.96. The number of hydrogen-bond donors (Lipinski definition) is 1. The highest BCUT2D eigenvalue weighted by molar-refractivity contribution is 7.99. The molecule has 0 aliphatic carbocycles. The van der Waals surface area contributed by atoms with Gasteiger partial charge in [-0.05, 0) is 68.1 Å². The molecule has 0 aliphatic rings. The molecule has 2 aromatic heterocycles. The van der Waals surface area contributed by atoms with Gasteiger partial charge in [-0.3, -0.25) is 9.78 Å². The molecule has 7 heteroatoms. The van der Waals surface area contributed by atoms with E-state index in [2.05, 4.69) is 20.3 Å². The molecule has 1 N–H and O–H groups in total. The van der Waals surface area contributed by atoms with Crippen LogP contribution in [0.2, 0.25) is 0 Å². The van der Waals surface area contributed by atoms with Gasteiger partial charge in [-0.15, -0.1) is 0 Å². The fourth-order valence-electron chi connectivity index (χ4n) is 2.50. The topological polar surface area (TPSA) is 67.8 Å². The highest BCUT2D eigenvalue weighted by Crippen LogP contribution is 2.26. The predicted molar refractivity (Wildman–Crippen MR) is 116 cm³/mol. The van der Waals surface area contributed by atoms with Gasteiger partial charge in [0.2, 0.25) is 5.91 Å². The lowest BCUT2D eigenvalue weighted by Crippen LogP contribution is -2.12. The van der Waals surface area contributed by atoms with E-state index in [1.807, 2.05) is 62.4 Å². The van der Waals surface area contributed by atoms with Gasteiger partial charge in [0.1, 0.15) is 0 Å². The molecule has 0 bridgehead atoms. The predicted octanol–water partition coefficient (Wildman–Crippen LogP) is 4.90. The van der Waals surface area contributed by atoms with Crippen molar-refractivity contribution in [2.45, 2.75) is 36.1 Å². The molecule has 28 heavy (non-hydrogen) atoms. The normalized spacial score (nSPS) is 10.6. The van der Waals surface area contributed by atoms with Gasteiger partial charge in [-0.25, -0.2) is 9.97 Å². The number of carbonyl (C=O) groups is 1. The maximum atomic E-state index is 12.1. The summed E-state index contributed by atoms with van der Waals surface area (Å²) >= 11 is 3.22. The lowest BCUT2D eigenvalue weighted by atomic mass is 10.3. The summed E-state index contributed by atoms with van der Waals surface area (Å²) in [6, 6.07) is 15.6. The third-order valence-corrected chi connectivity index (χ3v) is 5.62. The summed E-state index contributed by atoms with van der Waals surface area (Å²) in [5, 5.41) is 3.68. The van der Waals surface area contributed by atoms with E-state index in [-0.39, 0.29) is 5.91 Å². The number of rotatable bonds is 8. The van der Waals surface area contributed by atoms with Crippen LogP contribution in [0.1, 0.15) is 23.5 Å². The number of aryl methyl sites for hydroxylation is 2. The fourth-order valence-corrected chi connectivity index (χ4v) is 4.22. The van der Waals surface area contributed by atoms with Gasteiger partial charge in [-0.1, -0.05) is 6.07 Å². The van der Waals surface area contributed by atoms with Crippen molar-refractivity contribution in [3.05, 3.63) is 71.8 Å². The standard InChI is InChI=1S/C21H22N4OS2/c1-15-13-16(2)24-21(23-15)28-19-8-6-17(7-9-19)25-20(26)10-12-27-14-18-5-3-4-11-22-18/h3-9,11,13H,10,12,14H2,1-2H3,(H,25,26). The maximum Gasteiger partial charge on any atom is 0.225 e. The molecule has 0 fully saturated rings.